The first-order valence-corrected chi connectivity index (χ1v) is 7.21. The molecule has 0 bridgehead atoms. The summed E-state index contributed by atoms with van der Waals surface area (Å²) in [5.74, 6) is 1.39. The Morgan fingerprint density at radius 3 is 2.67 bits per heavy atom. The average Bonchev–Trinajstić information content (AvgIpc) is 2.98. The van der Waals surface area contributed by atoms with Crippen molar-refractivity contribution >= 4 is 21.7 Å². The molecule has 0 saturated heterocycles. The molecular formula is C17H13NO3. The van der Waals surface area contributed by atoms with Crippen LogP contribution in [0, 0.1) is 0 Å². The first-order valence-electron chi connectivity index (χ1n) is 7.21. The van der Waals surface area contributed by atoms with Gasteiger partial charge in [0.1, 0.15) is 0 Å². The predicted octanol–water partition coefficient (Wildman–Crippen LogP) is 2.83. The second kappa shape index (κ2) is 3.79. The number of aromatic nitrogens is 1. The summed E-state index contributed by atoms with van der Waals surface area (Å²) in [6.45, 7) is 1.01. The van der Waals surface area contributed by atoms with Crippen molar-refractivity contribution in [3.8, 4) is 11.5 Å². The van der Waals surface area contributed by atoms with Crippen LogP contribution >= 0.6 is 0 Å². The number of rotatable bonds is 0. The van der Waals surface area contributed by atoms with Crippen LogP contribution in [0.3, 0.4) is 0 Å². The average molecular weight is 279 g/mol. The van der Waals surface area contributed by atoms with Crippen molar-refractivity contribution in [1.82, 2.24) is 4.57 Å². The van der Waals surface area contributed by atoms with Crippen molar-refractivity contribution in [2.24, 2.45) is 0 Å². The van der Waals surface area contributed by atoms with Crippen LogP contribution in [0.2, 0.25) is 0 Å². The number of fused-ring (bicyclic) bond motifs is 3. The van der Waals surface area contributed by atoms with E-state index in [2.05, 4.69) is 18.2 Å². The Morgan fingerprint density at radius 1 is 1.00 bits per heavy atom. The first kappa shape index (κ1) is 11.2. The third kappa shape index (κ3) is 1.37. The quantitative estimate of drug-likeness (QED) is 0.594. The summed E-state index contributed by atoms with van der Waals surface area (Å²) in [6, 6.07) is 10.0. The number of pyridine rings is 1. The van der Waals surface area contributed by atoms with E-state index < -0.39 is 0 Å². The SMILES string of the molecule is O=c1c2cc3c(cc2c2cccc4c2n1CCC4)OCO3. The van der Waals surface area contributed by atoms with E-state index in [1.54, 1.807) is 0 Å². The van der Waals surface area contributed by atoms with Crippen LogP contribution in [-0.4, -0.2) is 11.4 Å². The van der Waals surface area contributed by atoms with Gasteiger partial charge in [0.15, 0.2) is 11.5 Å². The van der Waals surface area contributed by atoms with Gasteiger partial charge in [0, 0.05) is 17.3 Å². The number of nitrogens with zero attached hydrogens (tertiary/aromatic N) is 1. The van der Waals surface area contributed by atoms with Crippen LogP contribution in [0.1, 0.15) is 12.0 Å². The third-order valence-corrected chi connectivity index (χ3v) is 4.50. The molecule has 0 radical (unpaired) electrons. The summed E-state index contributed by atoms with van der Waals surface area (Å²) in [4.78, 5) is 12.8. The largest absolute Gasteiger partial charge is 0.454 e. The highest BCUT2D eigenvalue weighted by Gasteiger charge is 2.21. The molecule has 2 aromatic carbocycles. The van der Waals surface area contributed by atoms with Gasteiger partial charge in [-0.05, 0) is 30.5 Å². The van der Waals surface area contributed by atoms with E-state index in [0.717, 1.165) is 41.4 Å². The number of hydrogen-bond acceptors (Lipinski definition) is 3. The fraction of sp³-hybridized carbons (Fsp3) is 0.235. The molecule has 0 unspecified atom stereocenters. The number of benzene rings is 2. The lowest BCUT2D eigenvalue weighted by molar-refractivity contribution is 0.174. The number of ether oxygens (including phenoxy) is 2. The number of aryl methyl sites for hydroxylation is 2. The van der Waals surface area contributed by atoms with Gasteiger partial charge in [-0.3, -0.25) is 4.79 Å². The summed E-state index contributed by atoms with van der Waals surface area (Å²) >= 11 is 0. The lowest BCUT2D eigenvalue weighted by Gasteiger charge is -2.20. The molecular weight excluding hydrogens is 266 g/mol. The van der Waals surface area contributed by atoms with E-state index in [1.807, 2.05) is 16.7 Å². The molecule has 104 valence electrons. The van der Waals surface area contributed by atoms with E-state index in [9.17, 15) is 4.79 Å². The summed E-state index contributed by atoms with van der Waals surface area (Å²) in [7, 11) is 0. The van der Waals surface area contributed by atoms with E-state index in [4.69, 9.17) is 9.47 Å². The fourth-order valence-corrected chi connectivity index (χ4v) is 3.56. The molecule has 0 spiro atoms. The van der Waals surface area contributed by atoms with E-state index in [-0.39, 0.29) is 12.4 Å². The van der Waals surface area contributed by atoms with Gasteiger partial charge in [0.05, 0.1) is 10.9 Å². The van der Waals surface area contributed by atoms with Crippen LogP contribution in [0.15, 0.2) is 35.1 Å². The summed E-state index contributed by atoms with van der Waals surface area (Å²) < 4.78 is 12.8. The molecule has 2 aliphatic heterocycles. The van der Waals surface area contributed by atoms with Crippen LogP contribution in [-0.2, 0) is 13.0 Å². The zero-order valence-corrected chi connectivity index (χ0v) is 11.4. The van der Waals surface area contributed by atoms with Gasteiger partial charge in [-0.2, -0.15) is 0 Å². The lowest BCUT2D eigenvalue weighted by Crippen LogP contribution is -2.24. The highest BCUT2D eigenvalue weighted by Crippen LogP contribution is 2.38. The predicted molar refractivity (Wildman–Crippen MR) is 80.2 cm³/mol. The smallest absolute Gasteiger partial charge is 0.259 e. The van der Waals surface area contributed by atoms with Crippen molar-refractivity contribution in [1.29, 1.82) is 0 Å². The molecule has 3 aromatic rings. The van der Waals surface area contributed by atoms with Crippen molar-refractivity contribution in [3.05, 3.63) is 46.2 Å². The molecule has 0 aliphatic carbocycles. The Bertz CT molecular complexity index is 971. The maximum absolute atomic E-state index is 12.8. The molecule has 21 heavy (non-hydrogen) atoms. The van der Waals surface area contributed by atoms with Crippen molar-refractivity contribution in [2.45, 2.75) is 19.4 Å². The second-order valence-electron chi connectivity index (χ2n) is 5.62. The van der Waals surface area contributed by atoms with Gasteiger partial charge in [-0.15, -0.1) is 0 Å². The third-order valence-electron chi connectivity index (χ3n) is 4.50. The lowest BCUT2D eigenvalue weighted by atomic mass is 9.97. The normalized spacial score (nSPS) is 15.8. The Balaban J connectivity index is 2.06. The van der Waals surface area contributed by atoms with Gasteiger partial charge in [-0.25, -0.2) is 0 Å². The molecule has 3 heterocycles. The maximum Gasteiger partial charge on any atom is 0.259 e. The van der Waals surface area contributed by atoms with Gasteiger partial charge in [0.2, 0.25) is 6.79 Å². The van der Waals surface area contributed by atoms with Gasteiger partial charge in [0.25, 0.3) is 5.56 Å². The summed E-state index contributed by atoms with van der Waals surface area (Å²) in [6.07, 6.45) is 2.05. The van der Waals surface area contributed by atoms with Gasteiger partial charge < -0.3 is 14.0 Å². The van der Waals surface area contributed by atoms with Crippen molar-refractivity contribution in [2.75, 3.05) is 6.79 Å². The molecule has 5 rings (SSSR count). The molecule has 1 aromatic heterocycles. The Labute approximate surface area is 120 Å². The van der Waals surface area contributed by atoms with Crippen LogP contribution < -0.4 is 15.0 Å². The van der Waals surface area contributed by atoms with Crippen molar-refractivity contribution < 1.29 is 9.47 Å². The van der Waals surface area contributed by atoms with E-state index in [0.29, 0.717) is 11.1 Å². The zero-order chi connectivity index (χ0) is 14.0. The fourth-order valence-electron chi connectivity index (χ4n) is 3.56. The molecule has 2 aliphatic rings. The molecule has 0 N–H and O–H groups in total. The second-order valence-corrected chi connectivity index (χ2v) is 5.62. The van der Waals surface area contributed by atoms with Crippen LogP contribution in [0.4, 0.5) is 0 Å². The Kier molecular flexibility index (Phi) is 2.02. The Morgan fingerprint density at radius 2 is 1.81 bits per heavy atom. The summed E-state index contributed by atoms with van der Waals surface area (Å²) in [5.41, 5.74) is 2.42. The number of hydrogen-bond donors (Lipinski definition) is 0. The highest BCUT2D eigenvalue weighted by atomic mass is 16.7. The molecule has 4 nitrogen and oxygen atoms in total. The minimum atomic E-state index is 0.0722. The summed E-state index contributed by atoms with van der Waals surface area (Å²) in [5, 5.41) is 2.80. The van der Waals surface area contributed by atoms with Gasteiger partial charge in [-0.1, -0.05) is 18.2 Å². The molecule has 0 fully saturated rings. The zero-order valence-electron chi connectivity index (χ0n) is 11.4. The minimum absolute atomic E-state index is 0.0722. The van der Waals surface area contributed by atoms with Gasteiger partial charge >= 0.3 is 0 Å². The van der Waals surface area contributed by atoms with Crippen molar-refractivity contribution in [3.63, 3.8) is 0 Å². The standard InChI is InChI=1S/C17H13NO3/c19-17-13-8-15-14(20-9-21-15)7-12(13)11-5-1-3-10-4-2-6-18(17)16(10)11/h1,3,5,7-8H,2,4,6,9H2. The topological polar surface area (TPSA) is 40.5 Å². The molecule has 0 atom stereocenters. The van der Waals surface area contributed by atoms with Crippen LogP contribution in [0.5, 0.6) is 11.5 Å². The highest BCUT2D eigenvalue weighted by molar-refractivity contribution is 6.07. The monoisotopic (exact) mass is 279 g/mol. The molecule has 0 amide bonds. The molecule has 4 heteroatoms. The molecule has 0 saturated carbocycles. The Hall–Kier alpha value is -2.49. The van der Waals surface area contributed by atoms with E-state index in [1.165, 1.54) is 5.56 Å². The first-order chi connectivity index (χ1) is 10.3. The van der Waals surface area contributed by atoms with E-state index >= 15 is 0 Å². The maximum atomic E-state index is 12.8. The minimum Gasteiger partial charge on any atom is -0.454 e. The number of para-hydroxylation sites is 1. The van der Waals surface area contributed by atoms with Crippen LogP contribution in [0.25, 0.3) is 21.7 Å².